The Kier molecular flexibility index (Phi) is 5.07. The summed E-state index contributed by atoms with van der Waals surface area (Å²) in [6, 6.07) is 0.260. The van der Waals surface area contributed by atoms with E-state index in [-0.39, 0.29) is 29.4 Å². The number of hydrogen-bond acceptors (Lipinski definition) is 4. The summed E-state index contributed by atoms with van der Waals surface area (Å²) < 4.78 is 23.0. The summed E-state index contributed by atoms with van der Waals surface area (Å²) in [4.78, 5) is 14.4. The lowest BCUT2D eigenvalue weighted by atomic mass is 9.99. The van der Waals surface area contributed by atoms with E-state index < -0.39 is 9.84 Å². The average Bonchev–Trinajstić information content (AvgIpc) is 2.97. The Morgan fingerprint density at radius 2 is 2.05 bits per heavy atom. The molecule has 3 unspecified atom stereocenters. The van der Waals surface area contributed by atoms with Crippen LogP contribution in [0.25, 0.3) is 0 Å². The first-order valence-corrected chi connectivity index (χ1v) is 9.49. The number of carbonyl (C=O) groups is 1. The smallest absolute Gasteiger partial charge is 0.223 e. The molecule has 1 aliphatic heterocycles. The SMILES string of the molecule is CCN(C(=O)CC1CCS(=O)(=O)C1)C1CCCC1CN. The first-order chi connectivity index (χ1) is 9.46. The van der Waals surface area contributed by atoms with E-state index in [1.165, 1.54) is 0 Å². The van der Waals surface area contributed by atoms with Gasteiger partial charge in [0.1, 0.15) is 0 Å². The molecule has 1 saturated heterocycles. The molecular weight excluding hydrogens is 276 g/mol. The van der Waals surface area contributed by atoms with Gasteiger partial charge in [0.25, 0.3) is 0 Å². The fraction of sp³-hybridized carbons (Fsp3) is 0.929. The van der Waals surface area contributed by atoms with Crippen LogP contribution in [0.15, 0.2) is 0 Å². The van der Waals surface area contributed by atoms with E-state index >= 15 is 0 Å². The molecule has 0 spiro atoms. The van der Waals surface area contributed by atoms with Crippen molar-refractivity contribution >= 4 is 15.7 Å². The lowest BCUT2D eigenvalue weighted by molar-refractivity contribution is -0.134. The van der Waals surface area contributed by atoms with Crippen LogP contribution >= 0.6 is 0 Å². The molecule has 0 bridgehead atoms. The van der Waals surface area contributed by atoms with Gasteiger partial charge in [-0.25, -0.2) is 8.42 Å². The third-order valence-corrected chi connectivity index (χ3v) is 6.61. The van der Waals surface area contributed by atoms with Crippen LogP contribution in [-0.4, -0.2) is 49.9 Å². The molecule has 0 aromatic carbocycles. The number of hydrogen-bond donors (Lipinski definition) is 1. The largest absolute Gasteiger partial charge is 0.340 e. The van der Waals surface area contributed by atoms with Crippen molar-refractivity contribution in [1.82, 2.24) is 4.90 Å². The first kappa shape index (κ1) is 15.8. The monoisotopic (exact) mass is 302 g/mol. The molecule has 2 fully saturated rings. The molecule has 5 nitrogen and oxygen atoms in total. The maximum Gasteiger partial charge on any atom is 0.223 e. The van der Waals surface area contributed by atoms with Crippen LogP contribution < -0.4 is 5.73 Å². The summed E-state index contributed by atoms with van der Waals surface area (Å²) >= 11 is 0. The molecule has 2 aliphatic rings. The van der Waals surface area contributed by atoms with Crippen molar-refractivity contribution in [1.29, 1.82) is 0 Å². The van der Waals surface area contributed by atoms with Gasteiger partial charge in [-0.3, -0.25) is 4.79 Å². The molecule has 116 valence electrons. The highest BCUT2D eigenvalue weighted by molar-refractivity contribution is 7.91. The van der Waals surface area contributed by atoms with Crippen LogP contribution in [0, 0.1) is 11.8 Å². The van der Waals surface area contributed by atoms with Gasteiger partial charge in [-0.1, -0.05) is 6.42 Å². The lowest BCUT2D eigenvalue weighted by Gasteiger charge is -2.32. The quantitative estimate of drug-likeness (QED) is 0.814. The molecule has 1 amide bonds. The van der Waals surface area contributed by atoms with Crippen molar-refractivity contribution in [3.63, 3.8) is 0 Å². The van der Waals surface area contributed by atoms with E-state index in [1.807, 2.05) is 11.8 Å². The van der Waals surface area contributed by atoms with Crippen molar-refractivity contribution < 1.29 is 13.2 Å². The van der Waals surface area contributed by atoms with Crippen LogP contribution in [-0.2, 0) is 14.6 Å². The summed E-state index contributed by atoms with van der Waals surface area (Å²) in [6.45, 7) is 3.32. The standard InChI is InChI=1S/C14H26N2O3S/c1-2-16(13-5-3-4-12(13)9-15)14(17)8-11-6-7-20(18,19)10-11/h11-13H,2-10,15H2,1H3. The van der Waals surface area contributed by atoms with Crippen LogP contribution in [0.1, 0.15) is 39.0 Å². The highest BCUT2D eigenvalue weighted by atomic mass is 32.2. The molecule has 1 saturated carbocycles. The lowest BCUT2D eigenvalue weighted by Crippen LogP contribution is -2.44. The second-order valence-corrected chi connectivity index (χ2v) is 8.38. The van der Waals surface area contributed by atoms with Crippen molar-refractivity contribution in [2.75, 3.05) is 24.6 Å². The average molecular weight is 302 g/mol. The van der Waals surface area contributed by atoms with Crippen molar-refractivity contribution in [3.05, 3.63) is 0 Å². The van der Waals surface area contributed by atoms with Gasteiger partial charge in [0.2, 0.25) is 5.91 Å². The molecule has 0 aromatic rings. The van der Waals surface area contributed by atoms with Gasteiger partial charge >= 0.3 is 0 Å². The second kappa shape index (κ2) is 6.43. The second-order valence-electron chi connectivity index (χ2n) is 6.15. The van der Waals surface area contributed by atoms with Crippen molar-refractivity contribution in [3.8, 4) is 0 Å². The Hall–Kier alpha value is -0.620. The number of amides is 1. The number of sulfone groups is 1. The van der Waals surface area contributed by atoms with Crippen LogP contribution in [0.3, 0.4) is 0 Å². The normalized spacial score (nSPS) is 32.4. The molecule has 2 rings (SSSR count). The molecule has 1 aliphatic carbocycles. The number of rotatable bonds is 5. The first-order valence-electron chi connectivity index (χ1n) is 7.66. The van der Waals surface area contributed by atoms with E-state index in [9.17, 15) is 13.2 Å². The maximum atomic E-state index is 12.5. The molecule has 20 heavy (non-hydrogen) atoms. The Bertz CT molecular complexity index is 449. The fourth-order valence-corrected chi connectivity index (χ4v) is 5.56. The Balaban J connectivity index is 1.96. The van der Waals surface area contributed by atoms with Crippen LogP contribution in [0.5, 0.6) is 0 Å². The van der Waals surface area contributed by atoms with E-state index in [1.54, 1.807) is 0 Å². The summed E-state index contributed by atoms with van der Waals surface area (Å²) in [7, 11) is -2.90. The number of carbonyl (C=O) groups excluding carboxylic acids is 1. The zero-order valence-electron chi connectivity index (χ0n) is 12.3. The zero-order chi connectivity index (χ0) is 14.8. The number of nitrogens with two attached hydrogens (primary N) is 1. The third kappa shape index (κ3) is 3.52. The molecule has 0 radical (unpaired) electrons. The van der Waals surface area contributed by atoms with E-state index in [0.717, 1.165) is 19.3 Å². The summed E-state index contributed by atoms with van der Waals surface area (Å²) in [5.74, 6) is 0.957. The van der Waals surface area contributed by atoms with Gasteiger partial charge in [-0.15, -0.1) is 0 Å². The van der Waals surface area contributed by atoms with Crippen molar-refractivity contribution in [2.45, 2.75) is 45.1 Å². The predicted molar refractivity (Wildman–Crippen MR) is 78.9 cm³/mol. The molecule has 0 aromatic heterocycles. The predicted octanol–water partition coefficient (Wildman–Crippen LogP) is 0.787. The molecule has 2 N–H and O–H groups in total. The number of nitrogens with zero attached hydrogens (tertiary/aromatic N) is 1. The topological polar surface area (TPSA) is 80.5 Å². The Morgan fingerprint density at radius 3 is 2.60 bits per heavy atom. The van der Waals surface area contributed by atoms with Gasteiger partial charge in [-0.05, 0) is 44.6 Å². The minimum absolute atomic E-state index is 0.0132. The van der Waals surface area contributed by atoms with E-state index in [4.69, 9.17) is 5.73 Å². The molecular formula is C14H26N2O3S. The minimum Gasteiger partial charge on any atom is -0.340 e. The van der Waals surface area contributed by atoms with Crippen molar-refractivity contribution in [2.24, 2.45) is 17.6 Å². The maximum absolute atomic E-state index is 12.5. The Labute approximate surface area is 121 Å². The van der Waals surface area contributed by atoms with Gasteiger partial charge in [0.05, 0.1) is 11.5 Å². The highest BCUT2D eigenvalue weighted by Gasteiger charge is 2.35. The van der Waals surface area contributed by atoms with E-state index in [2.05, 4.69) is 0 Å². The molecule has 6 heteroatoms. The minimum atomic E-state index is -2.90. The van der Waals surface area contributed by atoms with Gasteiger partial charge in [-0.2, -0.15) is 0 Å². The summed E-state index contributed by atoms with van der Waals surface area (Å²) in [5.41, 5.74) is 5.80. The van der Waals surface area contributed by atoms with Gasteiger partial charge in [0.15, 0.2) is 9.84 Å². The Morgan fingerprint density at radius 1 is 1.30 bits per heavy atom. The zero-order valence-corrected chi connectivity index (χ0v) is 13.1. The molecule has 3 atom stereocenters. The summed E-state index contributed by atoms with van der Waals surface area (Å²) in [5, 5.41) is 0. The van der Waals surface area contributed by atoms with E-state index in [0.29, 0.717) is 31.8 Å². The third-order valence-electron chi connectivity index (χ3n) is 4.77. The fourth-order valence-electron chi connectivity index (χ4n) is 3.70. The van der Waals surface area contributed by atoms with Crippen LogP contribution in [0.4, 0.5) is 0 Å². The van der Waals surface area contributed by atoms with Crippen LogP contribution in [0.2, 0.25) is 0 Å². The highest BCUT2D eigenvalue weighted by Crippen LogP contribution is 2.31. The molecule has 1 heterocycles. The van der Waals surface area contributed by atoms with Gasteiger partial charge < -0.3 is 10.6 Å². The summed E-state index contributed by atoms with van der Waals surface area (Å²) in [6.07, 6.45) is 4.28. The van der Waals surface area contributed by atoms with Gasteiger partial charge in [0, 0.05) is 19.0 Å².